The third kappa shape index (κ3) is 5.97. The molecule has 40 heavy (non-hydrogen) atoms. The van der Waals surface area contributed by atoms with E-state index in [-0.39, 0.29) is 23.3 Å². The molecule has 4 heterocycles. The van der Waals surface area contributed by atoms with Gasteiger partial charge < -0.3 is 10.2 Å². The summed E-state index contributed by atoms with van der Waals surface area (Å²) in [5.74, 6) is -0.0131. The second kappa shape index (κ2) is 11.3. The number of carbonyl (C=O) groups excluding carboxylic acids is 1. The van der Waals surface area contributed by atoms with Crippen molar-refractivity contribution in [3.05, 3.63) is 58.1 Å². The van der Waals surface area contributed by atoms with E-state index in [0.717, 1.165) is 42.9 Å². The summed E-state index contributed by atoms with van der Waals surface area (Å²) < 4.78 is 67.2. The molecule has 0 radical (unpaired) electrons. The van der Waals surface area contributed by atoms with Gasteiger partial charge in [-0.1, -0.05) is 23.7 Å². The Morgan fingerprint density at radius 1 is 1.10 bits per heavy atom. The first-order valence-electron chi connectivity index (χ1n) is 12.8. The van der Waals surface area contributed by atoms with Crippen LogP contribution in [0.2, 0.25) is 4.34 Å². The zero-order valence-electron chi connectivity index (χ0n) is 21.5. The van der Waals surface area contributed by atoms with Gasteiger partial charge in [-0.25, -0.2) is 18.4 Å². The van der Waals surface area contributed by atoms with Crippen molar-refractivity contribution in [3.63, 3.8) is 0 Å². The molecule has 0 aliphatic carbocycles. The van der Waals surface area contributed by atoms with Crippen LogP contribution in [-0.4, -0.2) is 53.8 Å². The summed E-state index contributed by atoms with van der Waals surface area (Å²) >= 11 is 6.87. The number of amides is 1. The molecule has 2 aliphatic rings. The second-order valence-corrected chi connectivity index (χ2v) is 13.7. The fraction of sp³-hybridized carbons (Fsp3) is 0.423. The molecule has 14 heteroatoms. The number of halogens is 4. The lowest BCUT2D eigenvalue weighted by molar-refractivity contribution is -0.137. The zero-order chi connectivity index (χ0) is 28.7. The Bertz CT molecular complexity index is 1500. The van der Waals surface area contributed by atoms with Crippen LogP contribution in [0.4, 0.5) is 19.1 Å². The maximum absolute atomic E-state index is 13.2. The Hall–Kier alpha value is -2.74. The van der Waals surface area contributed by atoms with E-state index in [1.807, 2.05) is 4.90 Å². The molecule has 2 aromatic heterocycles. The minimum atomic E-state index is -4.45. The molecular formula is C26H27ClF3N5O3S2. The van der Waals surface area contributed by atoms with E-state index in [1.165, 1.54) is 28.6 Å². The van der Waals surface area contributed by atoms with E-state index < -0.39 is 33.7 Å². The number of hydrogen-bond donors (Lipinski definition) is 1. The van der Waals surface area contributed by atoms with Gasteiger partial charge in [-0.15, -0.1) is 11.3 Å². The van der Waals surface area contributed by atoms with Gasteiger partial charge in [0.2, 0.25) is 11.9 Å². The standard InChI is InChI=1S/C26H27ClF3N5O3S2/c1-16-4-2-12-34(16)25-32-19(14-20(33-25)17-6-8-18(9-7-17)26(28,29)30)15-31-24(36)21-5-3-13-35(21)40(37,38)23-11-10-22(27)39-23/h6-11,14,16,21H,2-5,12-13,15H2,1H3,(H,31,36)/t16-,21+/m1/s1. The lowest BCUT2D eigenvalue weighted by Crippen LogP contribution is -2.45. The normalized spacial score (nSPS) is 20.3. The van der Waals surface area contributed by atoms with Crippen LogP contribution >= 0.6 is 22.9 Å². The maximum atomic E-state index is 13.2. The van der Waals surface area contributed by atoms with Crippen LogP contribution in [0.3, 0.4) is 0 Å². The first-order valence-corrected chi connectivity index (χ1v) is 15.4. The molecule has 2 aliphatic heterocycles. The van der Waals surface area contributed by atoms with Crippen molar-refractivity contribution in [2.75, 3.05) is 18.0 Å². The van der Waals surface area contributed by atoms with Crippen LogP contribution in [0.15, 0.2) is 46.7 Å². The average molecular weight is 614 g/mol. The Morgan fingerprint density at radius 2 is 1.82 bits per heavy atom. The fourth-order valence-corrected chi connectivity index (χ4v) is 8.32. The van der Waals surface area contributed by atoms with Crippen LogP contribution in [0.25, 0.3) is 11.3 Å². The van der Waals surface area contributed by atoms with Gasteiger partial charge in [-0.3, -0.25) is 4.79 Å². The number of thiophene rings is 1. The van der Waals surface area contributed by atoms with Crippen molar-refractivity contribution in [2.24, 2.45) is 0 Å². The number of nitrogens with one attached hydrogen (secondary N) is 1. The summed E-state index contributed by atoms with van der Waals surface area (Å²) in [4.78, 5) is 24.5. The minimum Gasteiger partial charge on any atom is -0.349 e. The molecule has 0 unspecified atom stereocenters. The van der Waals surface area contributed by atoms with Gasteiger partial charge in [0.15, 0.2) is 0 Å². The highest BCUT2D eigenvalue weighted by Crippen LogP contribution is 2.33. The quantitative estimate of drug-likeness (QED) is 0.387. The van der Waals surface area contributed by atoms with Crippen molar-refractivity contribution in [1.82, 2.24) is 19.6 Å². The van der Waals surface area contributed by atoms with Crippen LogP contribution in [0, 0.1) is 0 Å². The van der Waals surface area contributed by atoms with Gasteiger partial charge in [0.05, 0.1) is 27.8 Å². The summed E-state index contributed by atoms with van der Waals surface area (Å²) in [5, 5.41) is 2.81. The van der Waals surface area contributed by atoms with Gasteiger partial charge in [-0.2, -0.15) is 17.5 Å². The summed E-state index contributed by atoms with van der Waals surface area (Å²) in [6, 6.07) is 8.62. The number of carbonyl (C=O) groups is 1. The fourth-order valence-electron chi connectivity index (χ4n) is 5.05. The Balaban J connectivity index is 1.38. The minimum absolute atomic E-state index is 0.000569. The van der Waals surface area contributed by atoms with E-state index in [1.54, 1.807) is 6.07 Å². The van der Waals surface area contributed by atoms with E-state index in [9.17, 15) is 26.4 Å². The van der Waals surface area contributed by atoms with Gasteiger partial charge in [-0.05, 0) is 62.9 Å². The molecule has 5 rings (SSSR count). The molecule has 0 bridgehead atoms. The smallest absolute Gasteiger partial charge is 0.349 e. The highest BCUT2D eigenvalue weighted by Gasteiger charge is 2.40. The predicted octanol–water partition coefficient (Wildman–Crippen LogP) is 5.34. The SMILES string of the molecule is C[C@@H]1CCCN1c1nc(CNC(=O)[C@@H]2CCCN2S(=O)(=O)c2ccc(Cl)s2)cc(-c2ccc(C(F)(F)F)cc2)n1. The summed E-state index contributed by atoms with van der Waals surface area (Å²) in [6.07, 6.45) is -1.61. The van der Waals surface area contributed by atoms with E-state index in [0.29, 0.717) is 40.1 Å². The van der Waals surface area contributed by atoms with Crippen LogP contribution in [-0.2, 0) is 27.5 Å². The first kappa shape index (κ1) is 28.8. The van der Waals surface area contributed by atoms with Gasteiger partial charge in [0.1, 0.15) is 10.3 Å². The van der Waals surface area contributed by atoms with E-state index in [4.69, 9.17) is 11.6 Å². The predicted molar refractivity (Wildman–Crippen MR) is 147 cm³/mol. The third-order valence-corrected chi connectivity index (χ3v) is 10.8. The molecule has 0 spiro atoms. The molecule has 3 aromatic rings. The summed E-state index contributed by atoms with van der Waals surface area (Å²) in [6.45, 7) is 3.02. The molecule has 2 saturated heterocycles. The number of hydrogen-bond acceptors (Lipinski definition) is 7. The van der Waals surface area contributed by atoms with Crippen molar-refractivity contribution in [3.8, 4) is 11.3 Å². The van der Waals surface area contributed by atoms with Gasteiger partial charge in [0, 0.05) is 24.7 Å². The number of alkyl halides is 3. The van der Waals surface area contributed by atoms with Crippen LogP contribution in [0.5, 0.6) is 0 Å². The first-order chi connectivity index (χ1) is 18.9. The molecule has 1 aromatic carbocycles. The second-order valence-electron chi connectivity index (χ2n) is 9.85. The Kier molecular flexibility index (Phi) is 8.10. The molecular weight excluding hydrogens is 587 g/mol. The molecule has 8 nitrogen and oxygen atoms in total. The largest absolute Gasteiger partial charge is 0.416 e. The number of aromatic nitrogens is 2. The number of benzene rings is 1. The zero-order valence-corrected chi connectivity index (χ0v) is 23.9. The van der Waals surface area contributed by atoms with E-state index in [2.05, 4.69) is 22.2 Å². The van der Waals surface area contributed by atoms with Crippen LogP contribution < -0.4 is 10.2 Å². The molecule has 1 N–H and O–H groups in total. The monoisotopic (exact) mass is 613 g/mol. The number of anilines is 1. The molecule has 214 valence electrons. The maximum Gasteiger partial charge on any atom is 0.416 e. The lowest BCUT2D eigenvalue weighted by Gasteiger charge is -2.24. The van der Waals surface area contributed by atoms with Gasteiger partial charge >= 0.3 is 6.18 Å². The number of sulfonamides is 1. The van der Waals surface area contributed by atoms with Crippen molar-refractivity contribution < 1.29 is 26.4 Å². The van der Waals surface area contributed by atoms with E-state index >= 15 is 0 Å². The summed E-state index contributed by atoms with van der Waals surface area (Å²) in [5.41, 5.74) is 0.623. The van der Waals surface area contributed by atoms with Crippen molar-refractivity contribution >= 4 is 44.8 Å². The Morgan fingerprint density at radius 3 is 2.45 bits per heavy atom. The lowest BCUT2D eigenvalue weighted by atomic mass is 10.1. The molecule has 2 fully saturated rings. The molecule has 2 atom stereocenters. The van der Waals surface area contributed by atoms with Crippen molar-refractivity contribution in [1.29, 1.82) is 0 Å². The topological polar surface area (TPSA) is 95.5 Å². The average Bonchev–Trinajstić information content (AvgIpc) is 3.68. The van der Waals surface area contributed by atoms with Crippen LogP contribution in [0.1, 0.15) is 43.9 Å². The van der Waals surface area contributed by atoms with Gasteiger partial charge in [0.25, 0.3) is 10.0 Å². The number of rotatable bonds is 7. The number of nitrogens with zero attached hydrogens (tertiary/aromatic N) is 4. The third-order valence-electron chi connectivity index (χ3n) is 7.15. The van der Waals surface area contributed by atoms with Crippen molar-refractivity contribution in [2.45, 2.75) is 61.6 Å². The highest BCUT2D eigenvalue weighted by molar-refractivity contribution is 7.91. The Labute approximate surface area is 239 Å². The summed E-state index contributed by atoms with van der Waals surface area (Å²) in [7, 11) is -3.88. The molecule has 0 saturated carbocycles. The molecule has 1 amide bonds. The highest BCUT2D eigenvalue weighted by atomic mass is 35.5.